The molecule has 2 amide bonds. The average molecular weight is 274 g/mol. The maximum Gasteiger partial charge on any atom is 0.331 e. The van der Waals surface area contributed by atoms with Gasteiger partial charge in [0.2, 0.25) is 0 Å². The van der Waals surface area contributed by atoms with Crippen molar-refractivity contribution in [2.45, 2.75) is 25.4 Å². The van der Waals surface area contributed by atoms with Crippen LogP contribution in [0, 0.1) is 0 Å². The van der Waals surface area contributed by atoms with E-state index < -0.39 is 30.1 Å². The zero-order valence-electron chi connectivity index (χ0n) is 10.9. The highest BCUT2D eigenvalue weighted by Gasteiger charge is 2.34. The van der Waals surface area contributed by atoms with Gasteiger partial charge in [0.1, 0.15) is 6.04 Å². The summed E-state index contributed by atoms with van der Waals surface area (Å²) in [5.41, 5.74) is 0. The van der Waals surface area contributed by atoms with E-state index in [1.807, 2.05) is 0 Å². The van der Waals surface area contributed by atoms with Crippen molar-refractivity contribution in [1.29, 1.82) is 0 Å². The van der Waals surface area contributed by atoms with Crippen LogP contribution < -0.4 is 5.32 Å². The van der Waals surface area contributed by atoms with Crippen LogP contribution in [0.3, 0.4) is 0 Å². The normalized spacial score (nSPS) is 20.5. The molecule has 0 saturated carbocycles. The molecular weight excluding hydrogens is 256 g/mol. The molecule has 1 heterocycles. The van der Waals surface area contributed by atoms with Crippen LogP contribution in [0.4, 0.5) is 4.79 Å². The van der Waals surface area contributed by atoms with Crippen LogP contribution in [-0.2, 0) is 19.1 Å². The van der Waals surface area contributed by atoms with Crippen molar-refractivity contribution in [3.05, 3.63) is 0 Å². The number of urea groups is 1. The van der Waals surface area contributed by atoms with Gasteiger partial charge in [-0.3, -0.25) is 0 Å². The first-order chi connectivity index (χ1) is 9.01. The van der Waals surface area contributed by atoms with Gasteiger partial charge in [-0.25, -0.2) is 14.4 Å². The number of morpholine rings is 1. The smallest absolute Gasteiger partial charge is 0.331 e. The molecule has 1 saturated heterocycles. The first kappa shape index (κ1) is 15.2. The second-order valence-corrected chi connectivity index (χ2v) is 4.06. The number of amides is 2. The minimum Gasteiger partial charge on any atom is -0.480 e. The van der Waals surface area contributed by atoms with E-state index in [-0.39, 0.29) is 19.6 Å². The van der Waals surface area contributed by atoms with Crippen LogP contribution in [0.15, 0.2) is 0 Å². The number of carboxylic acid groups (broad SMARTS) is 1. The van der Waals surface area contributed by atoms with Crippen LogP contribution in [0.2, 0.25) is 0 Å². The molecule has 1 aliphatic rings. The van der Waals surface area contributed by atoms with Gasteiger partial charge in [-0.1, -0.05) is 6.92 Å². The number of nitrogens with zero attached hydrogens (tertiary/aromatic N) is 1. The summed E-state index contributed by atoms with van der Waals surface area (Å²) in [7, 11) is 1.22. The van der Waals surface area contributed by atoms with Gasteiger partial charge < -0.3 is 24.8 Å². The lowest BCUT2D eigenvalue weighted by Gasteiger charge is -2.34. The van der Waals surface area contributed by atoms with E-state index in [4.69, 9.17) is 9.84 Å². The molecule has 19 heavy (non-hydrogen) atoms. The number of hydrogen-bond donors (Lipinski definition) is 2. The Morgan fingerprint density at radius 3 is 2.74 bits per heavy atom. The molecule has 0 aliphatic carbocycles. The molecule has 8 heteroatoms. The maximum absolute atomic E-state index is 12.0. The van der Waals surface area contributed by atoms with Crippen LogP contribution >= 0.6 is 0 Å². The number of ether oxygens (including phenoxy) is 2. The Balaban J connectivity index is 2.71. The van der Waals surface area contributed by atoms with Gasteiger partial charge in [-0.15, -0.1) is 0 Å². The van der Waals surface area contributed by atoms with E-state index in [1.54, 1.807) is 6.92 Å². The standard InChI is InChI=1S/C11H18N2O6/c1-3-7(9(14)15)12-11(17)13-4-5-19-6-8(13)10(16)18-2/h7-8H,3-6H2,1-2H3,(H,12,17)(H,14,15)/t7-,8?/m1/s1. The van der Waals surface area contributed by atoms with Crippen LogP contribution in [-0.4, -0.2) is 66.9 Å². The van der Waals surface area contributed by atoms with Crippen molar-refractivity contribution in [3.8, 4) is 0 Å². The highest BCUT2D eigenvalue weighted by atomic mass is 16.5. The third-order valence-electron chi connectivity index (χ3n) is 2.87. The number of carboxylic acids is 1. The average Bonchev–Trinajstić information content (AvgIpc) is 2.43. The number of hydrogen-bond acceptors (Lipinski definition) is 5. The molecular formula is C11H18N2O6. The highest BCUT2D eigenvalue weighted by Crippen LogP contribution is 2.09. The molecule has 1 unspecified atom stereocenters. The Labute approximate surface area is 110 Å². The number of esters is 1. The Morgan fingerprint density at radius 1 is 1.53 bits per heavy atom. The molecule has 2 atom stereocenters. The Kier molecular flexibility index (Phi) is 5.56. The van der Waals surface area contributed by atoms with E-state index in [0.29, 0.717) is 6.61 Å². The summed E-state index contributed by atoms with van der Waals surface area (Å²) in [5.74, 6) is -1.70. The molecule has 0 radical (unpaired) electrons. The van der Waals surface area contributed by atoms with Gasteiger partial charge in [0, 0.05) is 6.54 Å². The number of methoxy groups -OCH3 is 1. The van der Waals surface area contributed by atoms with Gasteiger partial charge in [0.15, 0.2) is 6.04 Å². The monoisotopic (exact) mass is 274 g/mol. The predicted molar refractivity (Wildman–Crippen MR) is 63.6 cm³/mol. The number of nitrogens with one attached hydrogen (secondary N) is 1. The molecule has 1 rings (SSSR count). The lowest BCUT2D eigenvalue weighted by atomic mass is 10.2. The summed E-state index contributed by atoms with van der Waals surface area (Å²) in [6.07, 6.45) is 0.258. The fraction of sp³-hybridized carbons (Fsp3) is 0.727. The van der Waals surface area contributed by atoms with Crippen molar-refractivity contribution in [3.63, 3.8) is 0 Å². The molecule has 2 N–H and O–H groups in total. The number of aliphatic carboxylic acids is 1. The SMILES string of the molecule is CC[C@@H](NC(=O)N1CCOCC1C(=O)OC)C(=O)O. The van der Waals surface area contributed by atoms with Gasteiger partial charge in [-0.2, -0.15) is 0 Å². The van der Waals surface area contributed by atoms with Crippen molar-refractivity contribution < 1.29 is 29.0 Å². The Bertz CT molecular complexity index is 359. The lowest BCUT2D eigenvalue weighted by Crippen LogP contribution is -2.58. The molecule has 1 fully saturated rings. The summed E-state index contributed by atoms with van der Waals surface area (Å²) in [6.45, 7) is 2.20. The predicted octanol–water partition coefficient (Wildman–Crippen LogP) is -0.567. The number of carbonyl (C=O) groups excluding carboxylic acids is 2. The summed E-state index contributed by atoms with van der Waals surface area (Å²) >= 11 is 0. The quantitative estimate of drug-likeness (QED) is 0.665. The lowest BCUT2D eigenvalue weighted by molar-refractivity contribution is -0.151. The number of carbonyl (C=O) groups is 3. The fourth-order valence-electron chi connectivity index (χ4n) is 1.75. The van der Waals surface area contributed by atoms with E-state index in [2.05, 4.69) is 10.1 Å². The van der Waals surface area contributed by atoms with Crippen LogP contribution in [0.1, 0.15) is 13.3 Å². The summed E-state index contributed by atoms with van der Waals surface area (Å²) < 4.78 is 9.72. The summed E-state index contributed by atoms with van der Waals surface area (Å²) in [6, 6.07) is -2.42. The van der Waals surface area contributed by atoms with Crippen molar-refractivity contribution in [2.75, 3.05) is 26.9 Å². The first-order valence-corrected chi connectivity index (χ1v) is 5.96. The Hall–Kier alpha value is -1.83. The minimum absolute atomic E-state index is 0.0456. The second-order valence-electron chi connectivity index (χ2n) is 4.06. The molecule has 0 aromatic heterocycles. The number of rotatable bonds is 4. The van der Waals surface area contributed by atoms with Crippen molar-refractivity contribution >= 4 is 18.0 Å². The maximum atomic E-state index is 12.0. The first-order valence-electron chi connectivity index (χ1n) is 5.96. The van der Waals surface area contributed by atoms with Crippen LogP contribution in [0.5, 0.6) is 0 Å². The highest BCUT2D eigenvalue weighted by molar-refractivity contribution is 5.86. The zero-order chi connectivity index (χ0) is 14.4. The van der Waals surface area contributed by atoms with E-state index in [9.17, 15) is 14.4 Å². The summed E-state index contributed by atoms with van der Waals surface area (Å²) in [4.78, 5) is 35.6. The zero-order valence-corrected chi connectivity index (χ0v) is 10.9. The van der Waals surface area contributed by atoms with E-state index in [1.165, 1.54) is 12.0 Å². The third kappa shape index (κ3) is 3.82. The topological polar surface area (TPSA) is 105 Å². The molecule has 0 aromatic carbocycles. The molecule has 0 spiro atoms. The third-order valence-corrected chi connectivity index (χ3v) is 2.87. The molecule has 108 valence electrons. The van der Waals surface area contributed by atoms with Gasteiger partial charge in [0.25, 0.3) is 0 Å². The molecule has 8 nitrogen and oxygen atoms in total. The van der Waals surface area contributed by atoms with Gasteiger partial charge in [0.05, 0.1) is 20.3 Å². The largest absolute Gasteiger partial charge is 0.480 e. The van der Waals surface area contributed by atoms with E-state index in [0.717, 1.165) is 0 Å². The molecule has 0 bridgehead atoms. The van der Waals surface area contributed by atoms with Crippen molar-refractivity contribution in [1.82, 2.24) is 10.2 Å². The molecule has 0 aromatic rings. The fourth-order valence-corrected chi connectivity index (χ4v) is 1.75. The molecule has 1 aliphatic heterocycles. The van der Waals surface area contributed by atoms with Gasteiger partial charge >= 0.3 is 18.0 Å². The summed E-state index contributed by atoms with van der Waals surface area (Å²) in [5, 5.41) is 11.3. The van der Waals surface area contributed by atoms with Crippen LogP contribution in [0.25, 0.3) is 0 Å². The Morgan fingerprint density at radius 2 is 2.21 bits per heavy atom. The minimum atomic E-state index is -1.11. The van der Waals surface area contributed by atoms with Crippen molar-refractivity contribution in [2.24, 2.45) is 0 Å². The van der Waals surface area contributed by atoms with Gasteiger partial charge in [-0.05, 0) is 6.42 Å². The second kappa shape index (κ2) is 6.93. The van der Waals surface area contributed by atoms with E-state index >= 15 is 0 Å².